The molecular formula is C89H116N10O16. The number of methoxy groups -OCH3 is 4. The smallest absolute Gasteiger partial charge is 0.344 e. The Bertz CT molecular complexity index is 4920. The third-order valence-corrected chi connectivity index (χ3v) is 31.2. The van der Waals surface area contributed by atoms with Crippen molar-refractivity contribution in [1.82, 2.24) is 39.9 Å². The van der Waals surface area contributed by atoms with Crippen LogP contribution in [0.4, 0.5) is 5.69 Å². The first-order chi connectivity index (χ1) is 55.0. The standard InChI is InChI=1S/C89H116N10O16/c1-13-59-65(41-67(111-10)87(78(104)113-12)45-54-43-81(107,15-3)50-96(47-54)34-26-56-55-22-18-19-23-62(55)91-69(56)87)95(8)73-84(59)30-36-99-33-21-29-83(17-5,71(84)99)75(115-51(6)100)89(73,109)79(105)114-48-52-24-25-63-58(38-52)57-27-35-97-46-53(42-80(106,14-2)49-97)44-86(68(57)92-63,77(103)112-11)61-39-60-64(40-66(61)110-9)94(7)72-85(60)31-37-98-32-20-28-82(16-4,70(85)98)74(101)88(72,108)76(102)93-90/h13,18-25,28-29,38-41,53-54,67,70-75,91-92,101,106-109H,14-17,26-27,30-37,42-50,90H2,1-12H3,(H,93,102)/b59-13?,65-41+/t53-,54-,67?,70-,71-,72+,73+,74+,75+,80-,81-,82+,83+,84+,85+,86-,87-,88-,89-/m0/s1. The molecule has 12 aliphatic rings. The number of carbonyl (C=O) groups excluding carboxylic acids is 5. The topological polar surface area (TPSA) is 331 Å². The van der Waals surface area contributed by atoms with E-state index in [1.165, 1.54) is 21.1 Å². The Morgan fingerprint density at radius 3 is 1.87 bits per heavy atom. The van der Waals surface area contributed by atoms with Crippen LogP contribution in [0.5, 0.6) is 5.75 Å². The van der Waals surface area contributed by atoms with E-state index in [4.69, 9.17) is 34.3 Å². The number of carbonyl (C=O) groups is 5. The Kier molecular flexibility index (Phi) is 19.4. The van der Waals surface area contributed by atoms with Gasteiger partial charge in [0.05, 0.1) is 50.7 Å². The average Bonchev–Trinajstić information content (AvgIpc) is 1.46. The van der Waals surface area contributed by atoms with E-state index in [1.54, 1.807) is 14.2 Å². The zero-order valence-corrected chi connectivity index (χ0v) is 68.6. The van der Waals surface area contributed by atoms with Gasteiger partial charge in [0, 0.05) is 170 Å². The molecule has 3 unspecified atom stereocenters. The van der Waals surface area contributed by atoms with Gasteiger partial charge in [-0.25, -0.2) is 10.6 Å². The van der Waals surface area contributed by atoms with Gasteiger partial charge in [0.15, 0.2) is 11.7 Å². The minimum Gasteiger partial charge on any atom is -0.496 e. The molecule has 2 saturated carbocycles. The predicted octanol–water partition coefficient (Wildman–Crippen LogP) is 6.14. The van der Waals surface area contributed by atoms with Gasteiger partial charge >= 0.3 is 23.9 Å². The molecule has 26 heteroatoms. The van der Waals surface area contributed by atoms with Crippen LogP contribution in [0, 0.1) is 28.1 Å². The molecule has 115 heavy (non-hydrogen) atoms. The van der Waals surface area contributed by atoms with Crippen molar-refractivity contribution < 1.29 is 77.9 Å². The Hall–Kier alpha value is -7.99. The average molecular weight is 1580 g/mol. The summed E-state index contributed by atoms with van der Waals surface area (Å²) in [5, 5.41) is 67.6. The third kappa shape index (κ3) is 10.7. The van der Waals surface area contributed by atoms with Crippen LogP contribution in [0.1, 0.15) is 145 Å². The number of nitrogens with one attached hydrogen (secondary N) is 3. The van der Waals surface area contributed by atoms with E-state index in [9.17, 15) is 35.1 Å². The lowest BCUT2D eigenvalue weighted by Gasteiger charge is -2.63. The number of amides is 1. The molecule has 2 aliphatic carbocycles. The number of H-pyrrole nitrogens is 2. The summed E-state index contributed by atoms with van der Waals surface area (Å²) in [6, 6.07) is 14.6. The number of hydrogen-bond donors (Lipinski definition) is 9. The van der Waals surface area contributed by atoms with E-state index in [1.807, 2.05) is 137 Å². The van der Waals surface area contributed by atoms with Gasteiger partial charge in [0.25, 0.3) is 5.91 Å². The first-order valence-corrected chi connectivity index (χ1v) is 41.8. The van der Waals surface area contributed by atoms with E-state index in [0.29, 0.717) is 180 Å². The lowest BCUT2D eigenvalue weighted by molar-refractivity contribution is -0.245. The Balaban J connectivity index is 0.802. The maximum absolute atomic E-state index is 16.7. The molecule has 1 amide bonds. The van der Waals surface area contributed by atoms with Gasteiger partial charge in [-0.05, 0) is 167 Å². The number of likely N-dealkylation sites (N-methyl/N-ethyl adjacent to an activating group) is 2. The number of para-hydroxylation sites is 1. The highest BCUT2D eigenvalue weighted by Gasteiger charge is 2.82. The summed E-state index contributed by atoms with van der Waals surface area (Å²) in [6.07, 6.45) is 12.7. The number of piperidine rings is 2. The van der Waals surface area contributed by atoms with Crippen molar-refractivity contribution >= 4 is 57.3 Å². The fourth-order valence-corrected chi connectivity index (χ4v) is 26.9. The monoisotopic (exact) mass is 1580 g/mol. The minimum absolute atomic E-state index is 0.143. The van der Waals surface area contributed by atoms with Gasteiger partial charge in [-0.1, -0.05) is 82.3 Å². The zero-order valence-electron chi connectivity index (χ0n) is 68.6. The zero-order chi connectivity index (χ0) is 81.4. The van der Waals surface area contributed by atoms with Crippen molar-refractivity contribution in [2.24, 2.45) is 33.9 Å². The number of likely N-dealkylation sites (tertiary alicyclic amines) is 1. The number of allylic oxidation sites excluding steroid dienone is 2. The molecule has 2 aromatic heterocycles. The van der Waals surface area contributed by atoms with Crippen LogP contribution in [-0.2, 0) is 83.4 Å². The number of hydrazine groups is 1. The third-order valence-electron chi connectivity index (χ3n) is 31.2. The molecule has 618 valence electrons. The van der Waals surface area contributed by atoms with Crippen molar-refractivity contribution in [2.45, 2.75) is 206 Å². The first-order valence-electron chi connectivity index (χ1n) is 41.8. The van der Waals surface area contributed by atoms with Gasteiger partial charge in [-0.15, -0.1) is 0 Å². The second-order valence-electron chi connectivity index (χ2n) is 36.1. The molecule has 5 aromatic rings. The molecule has 21 atom stereocenters. The summed E-state index contributed by atoms with van der Waals surface area (Å²) in [5.41, 5.74) is -4.36. The summed E-state index contributed by atoms with van der Waals surface area (Å²) in [6.45, 7) is 16.3. The quantitative estimate of drug-likeness (QED) is 0.0134. The molecule has 0 radical (unpaired) electrons. The molecule has 26 nitrogen and oxygen atoms in total. The highest BCUT2D eigenvalue weighted by Crippen LogP contribution is 2.71. The molecular weight excluding hydrogens is 1470 g/mol. The lowest BCUT2D eigenvalue weighted by Crippen LogP contribution is -2.82. The Morgan fingerprint density at radius 1 is 0.661 bits per heavy atom. The Labute approximate surface area is 672 Å². The van der Waals surface area contributed by atoms with Gasteiger partial charge in [-0.2, -0.15) is 0 Å². The van der Waals surface area contributed by atoms with Gasteiger partial charge in [-0.3, -0.25) is 44.2 Å². The van der Waals surface area contributed by atoms with Crippen molar-refractivity contribution in [2.75, 3.05) is 113 Å². The number of hydrogen-bond acceptors (Lipinski definition) is 23. The number of esters is 4. The molecule has 7 fully saturated rings. The van der Waals surface area contributed by atoms with Crippen LogP contribution < -0.4 is 20.9 Å². The molecule has 12 heterocycles. The molecule has 10 N–H and O–H groups in total. The highest BCUT2D eigenvalue weighted by molar-refractivity contribution is 5.96. The largest absolute Gasteiger partial charge is 0.496 e. The Morgan fingerprint density at radius 2 is 1.26 bits per heavy atom. The van der Waals surface area contributed by atoms with E-state index < -0.39 is 127 Å². The number of aliphatic hydroxyl groups is 5. The van der Waals surface area contributed by atoms with Crippen LogP contribution in [-0.4, -0.2) is 263 Å². The number of aromatic amines is 2. The SMILES string of the molecule is CC=C1/C(=C\C(OC)[C@@]2(C(=O)OC)C[C@H]3CN(CCc4c2[nH]c2ccccc42)C[C@](O)(CC)C3)N(C)[C@H]2[C@@](O)(C(=O)OCc3ccc4[nH]c5c(c4c3)CCN3C[C@@H](C[C@@](O)(CC)C3)C[C@]5(C(=O)OC)c3cc4c(cc3OC)N(C)[C@H]3[C@@](O)(C(=O)NN)[C@H](O)[C@]5(CC)C=CCN6CC[C@]43[C@@H]65)[C@H](OC(C)=O)[C@]3(CC)C=CCN4CC[C@]12[C@@H]43. The van der Waals surface area contributed by atoms with Crippen LogP contribution in [0.3, 0.4) is 0 Å². The van der Waals surface area contributed by atoms with Crippen molar-refractivity contribution in [3.8, 4) is 5.75 Å². The second kappa shape index (κ2) is 28.1. The van der Waals surface area contributed by atoms with Gasteiger partial charge in [0.2, 0.25) is 5.60 Å². The summed E-state index contributed by atoms with van der Waals surface area (Å²) in [7, 11) is 9.62. The predicted molar refractivity (Wildman–Crippen MR) is 430 cm³/mol. The van der Waals surface area contributed by atoms with Crippen LogP contribution in [0.2, 0.25) is 0 Å². The number of benzene rings is 3. The van der Waals surface area contributed by atoms with E-state index in [2.05, 4.69) is 47.1 Å². The van der Waals surface area contributed by atoms with E-state index in [0.717, 1.165) is 33.2 Å². The summed E-state index contributed by atoms with van der Waals surface area (Å²) < 4.78 is 39.1. The number of nitrogens with two attached hydrogens (primary N) is 1. The highest BCUT2D eigenvalue weighted by atomic mass is 16.6. The summed E-state index contributed by atoms with van der Waals surface area (Å²) in [4.78, 5) is 98.2. The maximum Gasteiger partial charge on any atom is 0.344 e. The van der Waals surface area contributed by atoms with Crippen LogP contribution >= 0.6 is 0 Å². The fourth-order valence-electron chi connectivity index (χ4n) is 26.9. The van der Waals surface area contributed by atoms with Crippen molar-refractivity contribution in [3.63, 3.8) is 0 Å². The number of nitrogens with zero attached hydrogens (tertiary/aromatic N) is 6. The number of aliphatic hydroxyl groups excluding tert-OH is 1. The molecule has 17 rings (SSSR count). The molecule has 2 spiro atoms. The van der Waals surface area contributed by atoms with Crippen LogP contribution in [0.25, 0.3) is 21.8 Å². The number of rotatable bonds is 16. The number of fused-ring (bicyclic) bond motifs is 11. The van der Waals surface area contributed by atoms with Gasteiger partial charge in [0.1, 0.15) is 29.3 Å². The molecule has 10 aliphatic heterocycles. The molecule has 3 aromatic carbocycles. The maximum atomic E-state index is 16.7. The fraction of sp³-hybridized carbons (Fsp3) is 0.607. The summed E-state index contributed by atoms with van der Waals surface area (Å²) >= 11 is 0. The van der Waals surface area contributed by atoms with Crippen molar-refractivity contribution in [1.29, 1.82) is 0 Å². The normalized spacial score (nSPS) is 39.1. The first kappa shape index (κ1) is 79.5. The van der Waals surface area contributed by atoms with Gasteiger partial charge < -0.3 is 73.7 Å². The summed E-state index contributed by atoms with van der Waals surface area (Å²) in [5.74, 6) is 2.11. The molecule has 4 bridgehead atoms. The van der Waals surface area contributed by atoms with Crippen LogP contribution in [0.15, 0.2) is 102 Å². The number of aromatic nitrogens is 2. The van der Waals surface area contributed by atoms with Crippen molar-refractivity contribution in [3.05, 3.63) is 142 Å². The number of anilines is 1. The minimum atomic E-state index is -2.62. The molecule has 5 saturated heterocycles. The number of ether oxygens (including phenoxy) is 6. The van der Waals surface area contributed by atoms with E-state index in [-0.39, 0.29) is 31.3 Å². The van der Waals surface area contributed by atoms with E-state index >= 15 is 14.4 Å². The second-order valence-corrected chi connectivity index (χ2v) is 36.1. The lowest BCUT2D eigenvalue weighted by atomic mass is 9.47.